The van der Waals surface area contributed by atoms with Crippen LogP contribution in [0.25, 0.3) is 0 Å². The molecule has 0 aliphatic rings. The Labute approximate surface area is 524 Å². The van der Waals surface area contributed by atoms with Gasteiger partial charge in [-0.3, -0.25) is 14.2 Å². The van der Waals surface area contributed by atoms with Gasteiger partial charge >= 0.3 is 11.9 Å². The summed E-state index contributed by atoms with van der Waals surface area (Å²) in [5, 5.41) is 0. The Morgan fingerprint density at radius 2 is 0.607 bits per heavy atom. The van der Waals surface area contributed by atoms with Crippen molar-refractivity contribution in [1.29, 1.82) is 0 Å². The standard InChI is InChI=1S/C74H146NO8P/c1-6-8-10-12-14-16-18-20-22-24-26-28-30-32-34-35-36-37-38-39-41-42-44-46-48-50-52-54-56-58-60-62-64-66-73(76)80-70-72(71-82-84(78,79)81-69-68-75(3,4)5)83-74(77)67-65-63-61-59-57-55-53-51-49-47-45-43-40-33-31-29-27-25-23-21-19-17-15-13-11-9-7-2/h25,27,72H,6-24,26,28-71H2,1-5H3/b27-25-. The van der Waals surface area contributed by atoms with Gasteiger partial charge in [-0.05, 0) is 38.5 Å². The van der Waals surface area contributed by atoms with Gasteiger partial charge in [-0.25, -0.2) is 0 Å². The van der Waals surface area contributed by atoms with E-state index in [1.165, 1.54) is 334 Å². The summed E-state index contributed by atoms with van der Waals surface area (Å²) in [5.74, 6) is -0.806. The summed E-state index contributed by atoms with van der Waals surface area (Å²) >= 11 is 0. The largest absolute Gasteiger partial charge is 0.756 e. The average Bonchev–Trinajstić information content (AvgIpc) is 3.61. The lowest BCUT2D eigenvalue weighted by Crippen LogP contribution is -2.37. The highest BCUT2D eigenvalue weighted by Gasteiger charge is 2.22. The number of phosphoric ester groups is 1. The fourth-order valence-corrected chi connectivity index (χ4v) is 12.3. The molecule has 0 aliphatic heterocycles. The molecular weight excluding hydrogens is 1060 g/mol. The van der Waals surface area contributed by atoms with Crippen LogP contribution in [0, 0.1) is 0 Å². The summed E-state index contributed by atoms with van der Waals surface area (Å²) in [7, 11) is 1.19. The maximum Gasteiger partial charge on any atom is 0.306 e. The van der Waals surface area contributed by atoms with Crippen LogP contribution in [0.15, 0.2) is 12.2 Å². The lowest BCUT2D eigenvalue weighted by Gasteiger charge is -2.28. The fourth-order valence-electron chi connectivity index (χ4n) is 11.5. The second-order valence-corrected chi connectivity index (χ2v) is 28.4. The molecule has 84 heavy (non-hydrogen) atoms. The smallest absolute Gasteiger partial charge is 0.306 e. The molecule has 9 nitrogen and oxygen atoms in total. The number of phosphoric acid groups is 1. The minimum absolute atomic E-state index is 0.0261. The van der Waals surface area contributed by atoms with Gasteiger partial charge in [-0.1, -0.05) is 360 Å². The Bertz CT molecular complexity index is 1420. The zero-order valence-corrected chi connectivity index (χ0v) is 58.0. The first-order valence-electron chi connectivity index (χ1n) is 37.4. The molecule has 10 heteroatoms. The molecule has 0 amide bonds. The maximum absolute atomic E-state index is 12.9. The molecule has 0 aromatic rings. The van der Waals surface area contributed by atoms with Gasteiger partial charge in [0.1, 0.15) is 19.8 Å². The molecule has 0 heterocycles. The van der Waals surface area contributed by atoms with Crippen molar-refractivity contribution in [2.75, 3.05) is 47.5 Å². The number of rotatable bonds is 71. The quantitative estimate of drug-likeness (QED) is 0.0195. The third-order valence-electron chi connectivity index (χ3n) is 17.3. The molecule has 0 fully saturated rings. The second-order valence-electron chi connectivity index (χ2n) is 27.0. The topological polar surface area (TPSA) is 111 Å². The van der Waals surface area contributed by atoms with Crippen LogP contribution in [0.1, 0.15) is 399 Å². The van der Waals surface area contributed by atoms with Crippen molar-refractivity contribution in [3.05, 3.63) is 12.2 Å². The molecule has 500 valence electrons. The van der Waals surface area contributed by atoms with Crippen molar-refractivity contribution in [1.82, 2.24) is 0 Å². The monoisotopic (exact) mass is 1210 g/mol. The van der Waals surface area contributed by atoms with Crippen LogP contribution in [0.4, 0.5) is 0 Å². The van der Waals surface area contributed by atoms with E-state index in [0.29, 0.717) is 17.4 Å². The Balaban J connectivity index is 3.93. The molecule has 2 atom stereocenters. The summed E-state index contributed by atoms with van der Waals surface area (Å²) in [6, 6.07) is 0. The molecule has 0 radical (unpaired) electrons. The minimum atomic E-state index is -4.64. The number of esters is 2. The molecule has 0 saturated carbocycles. The highest BCUT2D eigenvalue weighted by atomic mass is 31.2. The Morgan fingerprint density at radius 1 is 0.357 bits per heavy atom. The van der Waals surface area contributed by atoms with Gasteiger partial charge in [0.15, 0.2) is 6.10 Å². The number of carbonyl (C=O) groups excluding carboxylic acids is 2. The van der Waals surface area contributed by atoms with Crippen molar-refractivity contribution in [2.24, 2.45) is 0 Å². The van der Waals surface area contributed by atoms with E-state index in [1.807, 2.05) is 21.1 Å². The molecule has 0 aromatic heterocycles. The molecular formula is C74H146NO8P. The third kappa shape index (κ3) is 69.8. The van der Waals surface area contributed by atoms with E-state index in [-0.39, 0.29) is 32.0 Å². The van der Waals surface area contributed by atoms with Crippen LogP contribution >= 0.6 is 7.82 Å². The highest BCUT2D eigenvalue weighted by Crippen LogP contribution is 2.38. The number of hydrogen-bond donors (Lipinski definition) is 0. The van der Waals surface area contributed by atoms with E-state index in [1.54, 1.807) is 0 Å². The number of ether oxygens (including phenoxy) is 2. The lowest BCUT2D eigenvalue weighted by atomic mass is 10.0. The van der Waals surface area contributed by atoms with Crippen LogP contribution in [0.2, 0.25) is 0 Å². The van der Waals surface area contributed by atoms with Crippen LogP contribution in [0.5, 0.6) is 0 Å². The van der Waals surface area contributed by atoms with E-state index >= 15 is 0 Å². The van der Waals surface area contributed by atoms with E-state index in [0.717, 1.165) is 32.1 Å². The Kier molecular flexibility index (Phi) is 65.2. The van der Waals surface area contributed by atoms with Crippen LogP contribution in [-0.4, -0.2) is 70.0 Å². The second kappa shape index (κ2) is 66.2. The number of quaternary nitrogens is 1. The predicted octanol–water partition coefficient (Wildman–Crippen LogP) is 23.7. The number of allylic oxidation sites excluding steroid dienone is 2. The highest BCUT2D eigenvalue weighted by molar-refractivity contribution is 7.45. The lowest BCUT2D eigenvalue weighted by molar-refractivity contribution is -0.870. The van der Waals surface area contributed by atoms with Crippen molar-refractivity contribution in [3.63, 3.8) is 0 Å². The van der Waals surface area contributed by atoms with E-state index in [2.05, 4.69) is 26.0 Å². The zero-order chi connectivity index (χ0) is 61.2. The third-order valence-corrected chi connectivity index (χ3v) is 18.2. The van der Waals surface area contributed by atoms with Gasteiger partial charge in [0.25, 0.3) is 7.82 Å². The van der Waals surface area contributed by atoms with Gasteiger partial charge in [0.2, 0.25) is 0 Å². The molecule has 0 spiro atoms. The molecule has 0 rings (SSSR count). The molecule has 0 bridgehead atoms. The number of likely N-dealkylation sites (N-methyl/N-ethyl adjacent to an activating group) is 1. The Hall–Kier alpha value is -1.25. The average molecular weight is 1210 g/mol. The van der Waals surface area contributed by atoms with Crippen molar-refractivity contribution < 1.29 is 42.1 Å². The van der Waals surface area contributed by atoms with Gasteiger partial charge in [-0.2, -0.15) is 0 Å². The summed E-state index contributed by atoms with van der Waals surface area (Å²) in [6.07, 6.45) is 81.8. The van der Waals surface area contributed by atoms with E-state index in [9.17, 15) is 19.0 Å². The predicted molar refractivity (Wildman–Crippen MR) is 361 cm³/mol. The van der Waals surface area contributed by atoms with Crippen molar-refractivity contribution in [3.8, 4) is 0 Å². The molecule has 0 saturated heterocycles. The van der Waals surface area contributed by atoms with E-state index < -0.39 is 26.5 Å². The number of nitrogens with zero attached hydrogens (tertiary/aromatic N) is 1. The maximum atomic E-state index is 12.9. The number of hydrogen-bond acceptors (Lipinski definition) is 8. The van der Waals surface area contributed by atoms with Crippen molar-refractivity contribution >= 4 is 19.8 Å². The first-order valence-corrected chi connectivity index (χ1v) is 38.9. The number of unbranched alkanes of at least 4 members (excludes halogenated alkanes) is 55. The SMILES string of the molecule is CCCCCCCCCC/C=C\CCCCCCCCCCCCCCCCCC(=O)OC(COC(=O)CCCCCCCCCCCCCCCCCCCCCCCCCCCCCCCCCCC)COP(=O)([O-])OCC[N+](C)(C)C. The summed E-state index contributed by atoms with van der Waals surface area (Å²) in [4.78, 5) is 38.1. The fraction of sp³-hybridized carbons (Fsp3) is 0.946. The van der Waals surface area contributed by atoms with Crippen LogP contribution in [-0.2, 0) is 32.7 Å². The summed E-state index contributed by atoms with van der Waals surface area (Å²) < 4.78 is 34.4. The van der Waals surface area contributed by atoms with Gasteiger partial charge in [0.05, 0.1) is 27.7 Å². The van der Waals surface area contributed by atoms with Gasteiger partial charge in [-0.15, -0.1) is 0 Å². The summed E-state index contributed by atoms with van der Waals surface area (Å²) in [6.45, 7) is 4.33. The summed E-state index contributed by atoms with van der Waals surface area (Å²) in [5.41, 5.74) is 0. The Morgan fingerprint density at radius 3 is 0.881 bits per heavy atom. The molecule has 2 unspecified atom stereocenters. The van der Waals surface area contributed by atoms with Crippen LogP contribution < -0.4 is 4.89 Å². The first-order chi connectivity index (χ1) is 41.0. The first kappa shape index (κ1) is 82.8. The molecule has 0 N–H and O–H groups in total. The molecule has 0 aromatic carbocycles. The van der Waals surface area contributed by atoms with Crippen LogP contribution in [0.3, 0.4) is 0 Å². The van der Waals surface area contributed by atoms with E-state index in [4.69, 9.17) is 18.5 Å². The van der Waals surface area contributed by atoms with Crippen molar-refractivity contribution in [2.45, 2.75) is 405 Å². The molecule has 0 aliphatic carbocycles. The van der Waals surface area contributed by atoms with Gasteiger partial charge < -0.3 is 27.9 Å². The minimum Gasteiger partial charge on any atom is -0.756 e. The van der Waals surface area contributed by atoms with Gasteiger partial charge in [0, 0.05) is 12.8 Å². The number of carbonyl (C=O) groups is 2. The normalized spacial score (nSPS) is 13.1. The zero-order valence-electron chi connectivity index (χ0n) is 57.1.